The van der Waals surface area contributed by atoms with Gasteiger partial charge in [-0.2, -0.15) is 0 Å². The van der Waals surface area contributed by atoms with Crippen molar-refractivity contribution in [3.63, 3.8) is 0 Å². The van der Waals surface area contributed by atoms with Gasteiger partial charge in [-0.05, 0) is 43.4 Å². The Kier molecular flexibility index (Phi) is 5.06. The predicted molar refractivity (Wildman–Crippen MR) is 87.7 cm³/mol. The summed E-state index contributed by atoms with van der Waals surface area (Å²) in [6.45, 7) is 0. The van der Waals surface area contributed by atoms with Crippen LogP contribution in [0.25, 0.3) is 0 Å². The Balaban J connectivity index is 2.45. The zero-order valence-corrected chi connectivity index (χ0v) is 14.1. The van der Waals surface area contributed by atoms with Crippen molar-refractivity contribution in [1.29, 1.82) is 0 Å². The summed E-state index contributed by atoms with van der Waals surface area (Å²) < 4.78 is 25.9. The Bertz CT molecular complexity index is 780. The van der Waals surface area contributed by atoms with Crippen LogP contribution in [0.5, 0.6) is 0 Å². The van der Waals surface area contributed by atoms with E-state index in [0.717, 1.165) is 0 Å². The van der Waals surface area contributed by atoms with E-state index in [1.54, 1.807) is 24.3 Å². The second-order valence-corrected chi connectivity index (χ2v) is 7.90. The minimum Gasteiger partial charge on any atom is -0.398 e. The lowest BCUT2D eigenvalue weighted by molar-refractivity contribution is 0.588. The first-order chi connectivity index (χ1) is 9.83. The van der Waals surface area contributed by atoms with E-state index in [9.17, 15) is 8.42 Å². The smallest absolute Gasteiger partial charge is 0.240 e. The Morgan fingerprint density at radius 3 is 2.48 bits per heavy atom. The lowest BCUT2D eigenvalue weighted by atomic mass is 10.3. The van der Waals surface area contributed by atoms with Crippen LogP contribution >= 0.6 is 35.0 Å². The number of hydrogen-bond acceptors (Lipinski definition) is 4. The highest BCUT2D eigenvalue weighted by Crippen LogP contribution is 2.38. The first kappa shape index (κ1) is 16.5. The van der Waals surface area contributed by atoms with Crippen LogP contribution in [0, 0.1) is 0 Å². The number of rotatable bonds is 4. The van der Waals surface area contributed by atoms with Crippen molar-refractivity contribution in [2.45, 2.75) is 14.7 Å². The van der Waals surface area contributed by atoms with Crippen LogP contribution in [-0.4, -0.2) is 15.5 Å². The molecule has 8 heteroatoms. The number of nitrogen functional groups attached to an aromatic ring is 1. The molecule has 0 atom stereocenters. The van der Waals surface area contributed by atoms with Gasteiger partial charge in [-0.3, -0.25) is 0 Å². The van der Waals surface area contributed by atoms with Crippen LogP contribution in [0.4, 0.5) is 5.69 Å². The SMILES string of the molecule is CNS(=O)(=O)c1ccc(N)c(Sc2cc(Cl)ccc2Cl)c1. The van der Waals surface area contributed by atoms with Crippen LogP contribution in [0.1, 0.15) is 0 Å². The normalized spacial score (nSPS) is 11.6. The van der Waals surface area contributed by atoms with Gasteiger partial charge in [0.25, 0.3) is 0 Å². The third-order valence-electron chi connectivity index (χ3n) is 2.68. The number of anilines is 1. The van der Waals surface area contributed by atoms with Gasteiger partial charge in [0, 0.05) is 20.5 Å². The molecule has 21 heavy (non-hydrogen) atoms. The quantitative estimate of drug-likeness (QED) is 0.814. The molecule has 0 amide bonds. The molecule has 0 radical (unpaired) electrons. The zero-order valence-electron chi connectivity index (χ0n) is 10.9. The Morgan fingerprint density at radius 1 is 1.10 bits per heavy atom. The number of hydrogen-bond donors (Lipinski definition) is 2. The Hall–Kier alpha value is -0.920. The van der Waals surface area contributed by atoms with Gasteiger partial charge in [0.15, 0.2) is 0 Å². The summed E-state index contributed by atoms with van der Waals surface area (Å²) >= 11 is 13.3. The van der Waals surface area contributed by atoms with Crippen LogP contribution in [0.2, 0.25) is 10.0 Å². The number of nitrogens with one attached hydrogen (secondary N) is 1. The maximum Gasteiger partial charge on any atom is 0.240 e. The molecule has 0 aliphatic heterocycles. The third kappa shape index (κ3) is 3.84. The van der Waals surface area contributed by atoms with E-state index in [1.807, 2.05) is 0 Å². The molecule has 0 bridgehead atoms. The molecule has 0 saturated heterocycles. The van der Waals surface area contributed by atoms with Crippen molar-refractivity contribution >= 4 is 50.7 Å². The second kappa shape index (κ2) is 6.46. The van der Waals surface area contributed by atoms with Gasteiger partial charge in [-0.15, -0.1) is 0 Å². The highest BCUT2D eigenvalue weighted by Gasteiger charge is 2.14. The van der Waals surface area contributed by atoms with Gasteiger partial charge in [0.05, 0.1) is 9.92 Å². The fourth-order valence-corrected chi connectivity index (χ4v) is 3.82. The molecule has 112 valence electrons. The number of halogens is 2. The predicted octanol–water partition coefficient (Wildman–Crippen LogP) is 3.63. The minimum absolute atomic E-state index is 0.139. The van der Waals surface area contributed by atoms with E-state index in [-0.39, 0.29) is 4.90 Å². The third-order valence-corrected chi connectivity index (χ3v) is 5.90. The van der Waals surface area contributed by atoms with Gasteiger partial charge in [-0.25, -0.2) is 13.1 Å². The molecule has 2 aromatic carbocycles. The van der Waals surface area contributed by atoms with Crippen LogP contribution in [-0.2, 0) is 10.0 Å². The molecular formula is C13H12Cl2N2O2S2. The maximum absolute atomic E-state index is 11.8. The topological polar surface area (TPSA) is 72.2 Å². The molecule has 0 fully saturated rings. The molecular weight excluding hydrogens is 351 g/mol. The summed E-state index contributed by atoms with van der Waals surface area (Å²) in [5.74, 6) is 0. The molecule has 0 aliphatic carbocycles. The molecule has 2 rings (SSSR count). The van der Waals surface area contributed by atoms with Gasteiger partial charge >= 0.3 is 0 Å². The standard InChI is InChI=1S/C13H12Cl2N2O2S2/c1-17-21(18,19)9-3-5-11(16)13(7-9)20-12-6-8(14)2-4-10(12)15/h2-7,17H,16H2,1H3. The molecule has 0 heterocycles. The van der Waals surface area contributed by atoms with Crippen LogP contribution in [0.15, 0.2) is 51.1 Å². The van der Waals surface area contributed by atoms with Crippen LogP contribution in [0.3, 0.4) is 0 Å². The van der Waals surface area contributed by atoms with Crippen molar-refractivity contribution in [1.82, 2.24) is 4.72 Å². The van der Waals surface area contributed by atoms with Gasteiger partial charge < -0.3 is 5.73 Å². The molecule has 0 unspecified atom stereocenters. The van der Waals surface area contributed by atoms with E-state index in [2.05, 4.69) is 4.72 Å². The average molecular weight is 363 g/mol. The van der Waals surface area contributed by atoms with E-state index >= 15 is 0 Å². The van der Waals surface area contributed by atoms with Crippen molar-refractivity contribution < 1.29 is 8.42 Å². The minimum atomic E-state index is -3.53. The summed E-state index contributed by atoms with van der Waals surface area (Å²) in [5, 5.41) is 1.06. The van der Waals surface area contributed by atoms with Gasteiger partial charge in [0.2, 0.25) is 10.0 Å². The van der Waals surface area contributed by atoms with E-state index in [1.165, 1.54) is 30.9 Å². The highest BCUT2D eigenvalue weighted by molar-refractivity contribution is 7.99. The summed E-state index contributed by atoms with van der Waals surface area (Å²) in [5.41, 5.74) is 6.36. The molecule has 0 aliphatic rings. The number of sulfonamides is 1. The Morgan fingerprint density at radius 2 is 1.81 bits per heavy atom. The van der Waals surface area contributed by atoms with Crippen LogP contribution < -0.4 is 10.5 Å². The number of benzene rings is 2. The first-order valence-electron chi connectivity index (χ1n) is 5.79. The van der Waals surface area contributed by atoms with Crippen molar-refractivity contribution in [2.24, 2.45) is 0 Å². The van der Waals surface area contributed by atoms with Gasteiger partial charge in [-0.1, -0.05) is 35.0 Å². The Labute approximate surface area is 137 Å². The molecule has 0 aromatic heterocycles. The molecule has 3 N–H and O–H groups in total. The lowest BCUT2D eigenvalue weighted by Gasteiger charge is -2.10. The van der Waals surface area contributed by atoms with E-state index < -0.39 is 10.0 Å². The largest absolute Gasteiger partial charge is 0.398 e. The van der Waals surface area contributed by atoms with E-state index in [0.29, 0.717) is 25.5 Å². The first-order valence-corrected chi connectivity index (χ1v) is 8.85. The molecule has 4 nitrogen and oxygen atoms in total. The fraction of sp³-hybridized carbons (Fsp3) is 0.0769. The monoisotopic (exact) mass is 362 g/mol. The molecule has 0 spiro atoms. The molecule has 0 saturated carbocycles. The highest BCUT2D eigenvalue weighted by atomic mass is 35.5. The fourth-order valence-electron chi connectivity index (χ4n) is 1.56. The van der Waals surface area contributed by atoms with Gasteiger partial charge in [0.1, 0.15) is 0 Å². The molecule has 2 aromatic rings. The second-order valence-electron chi connectivity index (χ2n) is 4.08. The summed E-state index contributed by atoms with van der Waals surface area (Å²) in [6, 6.07) is 9.56. The van der Waals surface area contributed by atoms with Crippen molar-refractivity contribution in [2.75, 3.05) is 12.8 Å². The summed E-state index contributed by atoms with van der Waals surface area (Å²) in [4.78, 5) is 1.44. The lowest BCUT2D eigenvalue weighted by Crippen LogP contribution is -2.18. The number of nitrogens with two attached hydrogens (primary N) is 1. The van der Waals surface area contributed by atoms with Crippen molar-refractivity contribution in [3.8, 4) is 0 Å². The van der Waals surface area contributed by atoms with E-state index in [4.69, 9.17) is 28.9 Å². The van der Waals surface area contributed by atoms with Crippen molar-refractivity contribution in [3.05, 3.63) is 46.4 Å². The average Bonchev–Trinajstić information content (AvgIpc) is 2.45. The summed E-state index contributed by atoms with van der Waals surface area (Å²) in [6.07, 6.45) is 0. The maximum atomic E-state index is 11.8. The zero-order chi connectivity index (χ0) is 15.6. The summed E-state index contributed by atoms with van der Waals surface area (Å²) in [7, 11) is -2.17.